The summed E-state index contributed by atoms with van der Waals surface area (Å²) in [5.41, 5.74) is 4.83. The SMILES string of the molecule is Cc1cc(C=NCc2ccccc2)c(O)c(C(C)(C)c2ccccc2)c1. The van der Waals surface area contributed by atoms with Crippen LogP contribution in [0.5, 0.6) is 5.75 Å². The van der Waals surface area contributed by atoms with Gasteiger partial charge >= 0.3 is 0 Å². The third kappa shape index (κ3) is 3.85. The predicted octanol–water partition coefficient (Wildman–Crippen LogP) is 5.65. The van der Waals surface area contributed by atoms with E-state index in [0.29, 0.717) is 12.3 Å². The third-order valence-electron chi connectivity index (χ3n) is 4.80. The smallest absolute Gasteiger partial charge is 0.128 e. The number of hydrogen-bond acceptors (Lipinski definition) is 2. The number of rotatable bonds is 5. The molecule has 0 amide bonds. The van der Waals surface area contributed by atoms with Crippen molar-refractivity contribution in [3.63, 3.8) is 0 Å². The Morgan fingerprint density at radius 2 is 1.54 bits per heavy atom. The molecule has 0 aliphatic carbocycles. The molecule has 3 aromatic carbocycles. The van der Waals surface area contributed by atoms with E-state index < -0.39 is 0 Å². The average molecular weight is 343 g/mol. The first-order valence-electron chi connectivity index (χ1n) is 8.92. The highest BCUT2D eigenvalue weighted by Crippen LogP contribution is 2.38. The van der Waals surface area contributed by atoms with Crippen LogP contribution in [0, 0.1) is 6.92 Å². The molecule has 0 saturated heterocycles. The van der Waals surface area contributed by atoms with E-state index in [4.69, 9.17) is 0 Å². The van der Waals surface area contributed by atoms with E-state index >= 15 is 0 Å². The molecule has 2 heteroatoms. The van der Waals surface area contributed by atoms with Crippen molar-refractivity contribution in [1.29, 1.82) is 0 Å². The minimum Gasteiger partial charge on any atom is -0.507 e. The Morgan fingerprint density at radius 1 is 0.923 bits per heavy atom. The Bertz CT molecular complexity index is 896. The van der Waals surface area contributed by atoms with Crippen LogP contribution in [0.1, 0.15) is 41.7 Å². The van der Waals surface area contributed by atoms with Crippen molar-refractivity contribution in [2.24, 2.45) is 4.99 Å². The molecule has 0 spiro atoms. The van der Waals surface area contributed by atoms with Crippen molar-refractivity contribution in [3.8, 4) is 5.75 Å². The first-order valence-corrected chi connectivity index (χ1v) is 8.92. The molecule has 0 atom stereocenters. The number of aliphatic imine (C=N–C) groups is 1. The fourth-order valence-electron chi connectivity index (χ4n) is 3.22. The number of hydrogen-bond donors (Lipinski definition) is 1. The van der Waals surface area contributed by atoms with E-state index in [9.17, 15) is 5.11 Å². The van der Waals surface area contributed by atoms with Gasteiger partial charge in [-0.1, -0.05) is 80.6 Å². The van der Waals surface area contributed by atoms with Gasteiger partial charge in [-0.2, -0.15) is 0 Å². The molecule has 1 N–H and O–H groups in total. The molecule has 0 unspecified atom stereocenters. The van der Waals surface area contributed by atoms with Crippen LogP contribution in [0.15, 0.2) is 77.8 Å². The van der Waals surface area contributed by atoms with Gasteiger partial charge in [0.15, 0.2) is 0 Å². The lowest BCUT2D eigenvalue weighted by atomic mass is 9.76. The van der Waals surface area contributed by atoms with Gasteiger partial charge in [-0.15, -0.1) is 0 Å². The van der Waals surface area contributed by atoms with Crippen molar-refractivity contribution < 1.29 is 5.11 Å². The molecule has 0 saturated carbocycles. The maximum Gasteiger partial charge on any atom is 0.128 e. The highest BCUT2D eigenvalue weighted by atomic mass is 16.3. The van der Waals surface area contributed by atoms with Crippen LogP contribution in [0.2, 0.25) is 0 Å². The van der Waals surface area contributed by atoms with Gasteiger partial charge in [-0.3, -0.25) is 4.99 Å². The lowest BCUT2D eigenvalue weighted by Crippen LogP contribution is -2.19. The molecule has 0 radical (unpaired) electrons. The summed E-state index contributed by atoms with van der Waals surface area (Å²) in [4.78, 5) is 4.52. The van der Waals surface area contributed by atoms with Crippen LogP contribution < -0.4 is 0 Å². The summed E-state index contributed by atoms with van der Waals surface area (Å²) >= 11 is 0. The van der Waals surface area contributed by atoms with E-state index in [1.807, 2.05) is 42.5 Å². The predicted molar refractivity (Wildman–Crippen MR) is 109 cm³/mol. The first-order chi connectivity index (χ1) is 12.5. The van der Waals surface area contributed by atoms with Crippen LogP contribution in [0.4, 0.5) is 0 Å². The Morgan fingerprint density at radius 3 is 2.19 bits per heavy atom. The molecule has 3 rings (SSSR count). The Hall–Kier alpha value is -2.87. The largest absolute Gasteiger partial charge is 0.507 e. The molecule has 26 heavy (non-hydrogen) atoms. The summed E-state index contributed by atoms with van der Waals surface area (Å²) in [6.45, 7) is 6.94. The Kier molecular flexibility index (Phi) is 5.22. The van der Waals surface area contributed by atoms with Gasteiger partial charge in [0.05, 0.1) is 6.54 Å². The summed E-state index contributed by atoms with van der Waals surface area (Å²) < 4.78 is 0. The van der Waals surface area contributed by atoms with Gasteiger partial charge in [0, 0.05) is 22.8 Å². The molecule has 0 bridgehead atoms. The topological polar surface area (TPSA) is 32.6 Å². The quantitative estimate of drug-likeness (QED) is 0.597. The fraction of sp³-hybridized carbons (Fsp3) is 0.208. The van der Waals surface area contributed by atoms with Crippen LogP contribution in [-0.2, 0) is 12.0 Å². The van der Waals surface area contributed by atoms with Crippen LogP contribution in [-0.4, -0.2) is 11.3 Å². The average Bonchev–Trinajstić information content (AvgIpc) is 2.65. The molecule has 0 heterocycles. The molecular formula is C24H25NO. The lowest BCUT2D eigenvalue weighted by molar-refractivity contribution is 0.452. The Labute approximate surface area is 155 Å². The number of benzene rings is 3. The third-order valence-corrected chi connectivity index (χ3v) is 4.80. The summed E-state index contributed by atoms with van der Waals surface area (Å²) in [6.07, 6.45) is 1.78. The molecule has 0 aliphatic rings. The van der Waals surface area contributed by atoms with Crippen molar-refractivity contribution in [2.45, 2.75) is 32.7 Å². The maximum atomic E-state index is 10.9. The van der Waals surface area contributed by atoms with Gasteiger partial charge in [0.1, 0.15) is 5.75 Å². The zero-order chi connectivity index (χ0) is 18.6. The lowest BCUT2D eigenvalue weighted by Gasteiger charge is -2.28. The summed E-state index contributed by atoms with van der Waals surface area (Å²) in [5.74, 6) is 0.307. The van der Waals surface area contributed by atoms with Crippen molar-refractivity contribution >= 4 is 6.21 Å². The molecular weight excluding hydrogens is 318 g/mol. The molecule has 132 valence electrons. The van der Waals surface area contributed by atoms with E-state index in [-0.39, 0.29) is 5.41 Å². The van der Waals surface area contributed by atoms with Crippen LogP contribution in [0.3, 0.4) is 0 Å². The van der Waals surface area contributed by atoms with Crippen LogP contribution >= 0.6 is 0 Å². The van der Waals surface area contributed by atoms with E-state index in [2.05, 4.69) is 56.1 Å². The van der Waals surface area contributed by atoms with E-state index in [1.54, 1.807) is 6.21 Å². The fourth-order valence-corrected chi connectivity index (χ4v) is 3.22. The zero-order valence-electron chi connectivity index (χ0n) is 15.6. The van der Waals surface area contributed by atoms with Gasteiger partial charge in [0.2, 0.25) is 0 Å². The zero-order valence-corrected chi connectivity index (χ0v) is 15.6. The summed E-state index contributed by atoms with van der Waals surface area (Å²) in [6, 6.07) is 24.5. The minimum atomic E-state index is -0.292. The van der Waals surface area contributed by atoms with E-state index in [1.165, 1.54) is 5.56 Å². The number of phenolic OH excluding ortho intramolecular Hbond substituents is 1. The second-order valence-corrected chi connectivity index (χ2v) is 7.20. The first kappa shape index (κ1) is 17.9. The minimum absolute atomic E-state index is 0.292. The molecule has 0 aromatic heterocycles. The van der Waals surface area contributed by atoms with Gasteiger partial charge in [-0.25, -0.2) is 0 Å². The number of phenols is 1. The van der Waals surface area contributed by atoms with Gasteiger partial charge < -0.3 is 5.11 Å². The summed E-state index contributed by atoms with van der Waals surface area (Å²) in [5, 5.41) is 10.9. The second-order valence-electron chi connectivity index (χ2n) is 7.20. The number of nitrogens with zero attached hydrogens (tertiary/aromatic N) is 1. The van der Waals surface area contributed by atoms with Gasteiger partial charge in [0.25, 0.3) is 0 Å². The van der Waals surface area contributed by atoms with Crippen molar-refractivity contribution in [3.05, 3.63) is 101 Å². The highest BCUT2D eigenvalue weighted by Gasteiger charge is 2.27. The number of aromatic hydroxyl groups is 1. The maximum absolute atomic E-state index is 10.9. The van der Waals surface area contributed by atoms with Crippen LogP contribution in [0.25, 0.3) is 0 Å². The standard InChI is InChI=1S/C24H25NO/c1-18-14-20(17-25-16-19-10-6-4-7-11-19)23(26)22(15-18)24(2,3)21-12-8-5-9-13-21/h4-15,17,26H,16H2,1-3H3. The highest BCUT2D eigenvalue weighted by molar-refractivity contribution is 5.85. The summed E-state index contributed by atoms with van der Waals surface area (Å²) in [7, 11) is 0. The van der Waals surface area contributed by atoms with Crippen molar-refractivity contribution in [2.75, 3.05) is 0 Å². The second kappa shape index (κ2) is 7.57. The molecule has 2 nitrogen and oxygen atoms in total. The number of aryl methyl sites for hydroxylation is 1. The van der Waals surface area contributed by atoms with Gasteiger partial charge in [-0.05, 0) is 29.7 Å². The monoisotopic (exact) mass is 343 g/mol. The molecule has 3 aromatic rings. The molecule has 0 aliphatic heterocycles. The normalized spacial score (nSPS) is 11.8. The van der Waals surface area contributed by atoms with Crippen molar-refractivity contribution in [1.82, 2.24) is 0 Å². The van der Waals surface area contributed by atoms with E-state index in [0.717, 1.165) is 22.3 Å². The molecule has 0 fully saturated rings. The Balaban J connectivity index is 1.94.